The SMILES string of the molecule is N#Cc1cc([N+](=O)[O-])ccc1Sc1nncs1. The zero-order valence-corrected chi connectivity index (χ0v) is 9.86. The first kappa shape index (κ1) is 11.5. The number of nitrogens with zero attached hydrogens (tertiary/aromatic N) is 4. The van der Waals surface area contributed by atoms with Crippen molar-refractivity contribution in [2.75, 3.05) is 0 Å². The van der Waals surface area contributed by atoms with Gasteiger partial charge in [0.05, 0.1) is 10.5 Å². The van der Waals surface area contributed by atoms with Gasteiger partial charge in [-0.05, 0) is 6.07 Å². The Hall–Kier alpha value is -1.98. The van der Waals surface area contributed by atoms with Crippen LogP contribution in [0.2, 0.25) is 0 Å². The van der Waals surface area contributed by atoms with Crippen LogP contribution in [0.1, 0.15) is 5.56 Å². The molecule has 2 rings (SSSR count). The highest BCUT2D eigenvalue weighted by Gasteiger charge is 2.12. The maximum atomic E-state index is 10.6. The van der Waals surface area contributed by atoms with Crippen molar-refractivity contribution in [2.45, 2.75) is 9.24 Å². The number of hydrogen-bond acceptors (Lipinski definition) is 7. The molecule has 1 aromatic carbocycles. The van der Waals surface area contributed by atoms with Gasteiger partial charge in [0, 0.05) is 17.0 Å². The largest absolute Gasteiger partial charge is 0.270 e. The van der Waals surface area contributed by atoms with Gasteiger partial charge in [0.25, 0.3) is 5.69 Å². The number of nitro benzene ring substituents is 1. The molecule has 0 fully saturated rings. The van der Waals surface area contributed by atoms with Crippen LogP contribution < -0.4 is 0 Å². The summed E-state index contributed by atoms with van der Waals surface area (Å²) in [5, 5.41) is 27.0. The van der Waals surface area contributed by atoms with Gasteiger partial charge in [0.15, 0.2) is 4.34 Å². The molecule has 17 heavy (non-hydrogen) atoms. The predicted octanol–water partition coefficient (Wildman–Crippen LogP) is 2.47. The molecule has 0 bridgehead atoms. The molecule has 0 saturated heterocycles. The molecule has 0 N–H and O–H groups in total. The maximum absolute atomic E-state index is 10.6. The minimum Gasteiger partial charge on any atom is -0.258 e. The average molecular weight is 264 g/mol. The third-order valence-corrected chi connectivity index (χ3v) is 3.69. The Morgan fingerprint density at radius 2 is 2.35 bits per heavy atom. The molecule has 0 aliphatic carbocycles. The first-order chi connectivity index (χ1) is 8.20. The van der Waals surface area contributed by atoms with Crippen molar-refractivity contribution < 1.29 is 4.92 Å². The molecule has 0 radical (unpaired) electrons. The monoisotopic (exact) mass is 264 g/mol. The van der Waals surface area contributed by atoms with E-state index in [-0.39, 0.29) is 11.3 Å². The van der Waals surface area contributed by atoms with Crippen molar-refractivity contribution in [1.29, 1.82) is 5.26 Å². The van der Waals surface area contributed by atoms with Crippen LogP contribution >= 0.6 is 23.1 Å². The number of rotatable bonds is 3. The number of hydrogen-bond donors (Lipinski definition) is 0. The van der Waals surface area contributed by atoms with Crippen LogP contribution in [0.25, 0.3) is 0 Å². The van der Waals surface area contributed by atoms with Gasteiger partial charge in [-0.1, -0.05) is 23.1 Å². The molecule has 0 aliphatic heterocycles. The summed E-state index contributed by atoms with van der Waals surface area (Å²) < 4.78 is 0.690. The van der Waals surface area contributed by atoms with E-state index in [1.807, 2.05) is 6.07 Å². The molecule has 0 atom stereocenters. The lowest BCUT2D eigenvalue weighted by Crippen LogP contribution is -1.90. The van der Waals surface area contributed by atoms with Crippen molar-refractivity contribution in [3.8, 4) is 6.07 Å². The average Bonchev–Trinajstić information content (AvgIpc) is 2.82. The highest BCUT2D eigenvalue weighted by molar-refractivity contribution is 8.01. The van der Waals surface area contributed by atoms with E-state index in [9.17, 15) is 10.1 Å². The number of nitro groups is 1. The molecule has 0 unspecified atom stereocenters. The third kappa shape index (κ3) is 2.58. The second-order valence-electron chi connectivity index (χ2n) is 2.86. The lowest BCUT2D eigenvalue weighted by molar-refractivity contribution is -0.384. The Balaban J connectivity index is 2.35. The number of benzene rings is 1. The highest BCUT2D eigenvalue weighted by Crippen LogP contribution is 2.32. The Kier molecular flexibility index (Phi) is 3.32. The summed E-state index contributed by atoms with van der Waals surface area (Å²) in [5.74, 6) is 0. The van der Waals surface area contributed by atoms with Crippen LogP contribution in [-0.4, -0.2) is 15.1 Å². The Bertz CT molecular complexity index is 592. The van der Waals surface area contributed by atoms with Gasteiger partial charge >= 0.3 is 0 Å². The van der Waals surface area contributed by atoms with Crippen molar-refractivity contribution in [3.63, 3.8) is 0 Å². The fraction of sp³-hybridized carbons (Fsp3) is 0. The molecule has 6 nitrogen and oxygen atoms in total. The number of nitriles is 1. The van der Waals surface area contributed by atoms with Crippen LogP contribution in [0.5, 0.6) is 0 Å². The summed E-state index contributed by atoms with van der Waals surface area (Å²) in [4.78, 5) is 10.7. The highest BCUT2D eigenvalue weighted by atomic mass is 32.2. The van der Waals surface area contributed by atoms with Crippen molar-refractivity contribution in [2.24, 2.45) is 0 Å². The van der Waals surface area contributed by atoms with Crippen LogP contribution in [0.4, 0.5) is 5.69 Å². The molecule has 8 heteroatoms. The standard InChI is InChI=1S/C9H4N4O2S2/c10-4-6-3-7(13(14)15)1-2-8(6)17-9-12-11-5-16-9/h1-3,5H. The van der Waals surface area contributed by atoms with Gasteiger partial charge in [-0.2, -0.15) is 5.26 Å². The van der Waals surface area contributed by atoms with Gasteiger partial charge in [-0.3, -0.25) is 10.1 Å². The van der Waals surface area contributed by atoms with E-state index in [0.717, 1.165) is 0 Å². The molecule has 1 aromatic heterocycles. The molecule has 0 aliphatic rings. The van der Waals surface area contributed by atoms with Crippen molar-refractivity contribution in [1.82, 2.24) is 10.2 Å². The van der Waals surface area contributed by atoms with Crippen LogP contribution in [0.3, 0.4) is 0 Å². The van der Waals surface area contributed by atoms with E-state index >= 15 is 0 Å². The summed E-state index contributed by atoms with van der Waals surface area (Å²) in [6.07, 6.45) is 0. The fourth-order valence-corrected chi connectivity index (χ4v) is 2.61. The van der Waals surface area contributed by atoms with Crippen LogP contribution in [0, 0.1) is 21.4 Å². The molecule has 0 spiro atoms. The summed E-state index contributed by atoms with van der Waals surface area (Å²) in [6, 6.07) is 6.10. The zero-order valence-electron chi connectivity index (χ0n) is 8.23. The molecule has 2 aromatic rings. The van der Waals surface area contributed by atoms with E-state index in [1.54, 1.807) is 11.6 Å². The summed E-state index contributed by atoms with van der Waals surface area (Å²) >= 11 is 2.61. The fourth-order valence-electron chi connectivity index (χ4n) is 1.11. The first-order valence-electron chi connectivity index (χ1n) is 4.33. The van der Waals surface area contributed by atoms with Gasteiger partial charge in [0.2, 0.25) is 0 Å². The minimum absolute atomic E-state index is 0.0943. The van der Waals surface area contributed by atoms with Gasteiger partial charge in [-0.25, -0.2) is 0 Å². The summed E-state index contributed by atoms with van der Waals surface area (Å²) in [7, 11) is 0. The Morgan fingerprint density at radius 3 is 2.94 bits per heavy atom. The number of non-ortho nitro benzene ring substituents is 1. The smallest absolute Gasteiger partial charge is 0.258 e. The van der Waals surface area contributed by atoms with Gasteiger partial charge in [0.1, 0.15) is 11.6 Å². The molecular formula is C9H4N4O2S2. The lowest BCUT2D eigenvalue weighted by atomic mass is 10.2. The van der Waals surface area contributed by atoms with Gasteiger partial charge < -0.3 is 0 Å². The maximum Gasteiger partial charge on any atom is 0.270 e. The Labute approximate surface area is 104 Å². The first-order valence-corrected chi connectivity index (χ1v) is 6.03. The second-order valence-corrected chi connectivity index (χ2v) is 4.98. The van der Waals surface area contributed by atoms with Crippen LogP contribution in [0.15, 0.2) is 32.9 Å². The Morgan fingerprint density at radius 1 is 1.53 bits per heavy atom. The van der Waals surface area contributed by atoms with Crippen molar-refractivity contribution >= 4 is 28.8 Å². The third-order valence-electron chi connectivity index (χ3n) is 1.83. The normalized spacial score (nSPS) is 9.82. The molecular weight excluding hydrogens is 260 g/mol. The van der Waals surface area contributed by atoms with E-state index in [4.69, 9.17) is 5.26 Å². The van der Waals surface area contributed by atoms with Crippen molar-refractivity contribution in [3.05, 3.63) is 39.4 Å². The summed E-state index contributed by atoms with van der Waals surface area (Å²) in [6.45, 7) is 0. The second kappa shape index (κ2) is 4.90. The lowest BCUT2D eigenvalue weighted by Gasteiger charge is -1.99. The quantitative estimate of drug-likeness (QED) is 0.624. The van der Waals surface area contributed by atoms with E-state index in [1.165, 1.54) is 35.2 Å². The molecule has 0 amide bonds. The summed E-state index contributed by atoms with van der Waals surface area (Å²) in [5.41, 5.74) is 1.75. The molecule has 1 heterocycles. The van der Waals surface area contributed by atoms with Crippen LogP contribution in [-0.2, 0) is 0 Å². The van der Waals surface area contributed by atoms with E-state index in [2.05, 4.69) is 10.2 Å². The van der Waals surface area contributed by atoms with E-state index < -0.39 is 4.92 Å². The molecule has 0 saturated carbocycles. The van der Waals surface area contributed by atoms with E-state index in [0.29, 0.717) is 9.24 Å². The van der Waals surface area contributed by atoms with Gasteiger partial charge in [-0.15, -0.1) is 10.2 Å². The molecule has 84 valence electrons. The topological polar surface area (TPSA) is 92.7 Å². The minimum atomic E-state index is -0.528. The zero-order chi connectivity index (χ0) is 12.3. The predicted molar refractivity (Wildman–Crippen MR) is 61.8 cm³/mol. The number of aromatic nitrogens is 2.